The first-order valence-electron chi connectivity index (χ1n) is 8.03. The molecule has 0 bridgehead atoms. The normalized spacial score (nSPS) is 18.1. The Hall–Kier alpha value is -1.20. The van der Waals surface area contributed by atoms with E-state index in [0.717, 1.165) is 19.6 Å². The average molecular weight is 323 g/mol. The molecule has 122 valence electrons. The van der Waals surface area contributed by atoms with Gasteiger partial charge in [0.25, 0.3) is 0 Å². The van der Waals surface area contributed by atoms with Crippen molar-refractivity contribution in [2.24, 2.45) is 5.92 Å². The lowest BCUT2D eigenvalue weighted by atomic mass is 9.98. The van der Waals surface area contributed by atoms with Gasteiger partial charge in [-0.1, -0.05) is 32.4 Å². The zero-order chi connectivity index (χ0) is 16.2. The van der Waals surface area contributed by atoms with E-state index in [4.69, 9.17) is 0 Å². The third-order valence-electron chi connectivity index (χ3n) is 4.31. The first-order chi connectivity index (χ1) is 10.4. The topological polar surface area (TPSA) is 54.5 Å². The first kappa shape index (κ1) is 17.2. The second-order valence-electron chi connectivity index (χ2n) is 6.05. The maximum absolute atomic E-state index is 12.5. The van der Waals surface area contributed by atoms with Crippen molar-refractivity contribution in [1.29, 1.82) is 0 Å². The highest BCUT2D eigenvalue weighted by molar-refractivity contribution is 7.91. The van der Waals surface area contributed by atoms with E-state index in [9.17, 15) is 13.2 Å². The Morgan fingerprint density at radius 3 is 2.27 bits per heavy atom. The number of carbonyl (C=O) groups is 1. The molecule has 0 saturated carbocycles. The molecule has 0 aromatic heterocycles. The fourth-order valence-corrected chi connectivity index (χ4v) is 3.77. The van der Waals surface area contributed by atoms with Gasteiger partial charge in [0, 0.05) is 18.0 Å². The molecule has 0 radical (unpaired) electrons. The number of hydrogen-bond donors (Lipinski definition) is 0. The minimum atomic E-state index is -3.20. The predicted octanol–water partition coefficient (Wildman–Crippen LogP) is 2.78. The number of nitrogens with zero attached hydrogens (tertiary/aromatic N) is 1. The van der Waals surface area contributed by atoms with Crippen LogP contribution >= 0.6 is 0 Å². The number of rotatable bonds is 6. The summed E-state index contributed by atoms with van der Waals surface area (Å²) in [4.78, 5) is 15.1. The number of piperidine rings is 1. The van der Waals surface area contributed by atoms with Gasteiger partial charge in [-0.15, -0.1) is 0 Å². The van der Waals surface area contributed by atoms with Crippen molar-refractivity contribution in [1.82, 2.24) is 4.90 Å². The van der Waals surface area contributed by atoms with Crippen LogP contribution in [0.5, 0.6) is 0 Å². The van der Waals surface area contributed by atoms with E-state index >= 15 is 0 Å². The van der Waals surface area contributed by atoms with Gasteiger partial charge < -0.3 is 4.90 Å². The molecule has 1 aliphatic rings. The van der Waals surface area contributed by atoms with Crippen molar-refractivity contribution in [2.45, 2.75) is 38.0 Å². The number of likely N-dealkylation sites (tertiary alicyclic amines) is 1. The van der Waals surface area contributed by atoms with E-state index in [1.807, 2.05) is 6.92 Å². The fraction of sp³-hybridized carbons (Fsp3) is 0.588. The van der Waals surface area contributed by atoms with Crippen LogP contribution in [0, 0.1) is 5.92 Å². The van der Waals surface area contributed by atoms with Crippen LogP contribution in [-0.4, -0.2) is 44.5 Å². The lowest BCUT2D eigenvalue weighted by Crippen LogP contribution is -2.35. The molecule has 0 aliphatic carbocycles. The molecule has 1 aromatic rings. The van der Waals surface area contributed by atoms with E-state index in [-0.39, 0.29) is 22.3 Å². The summed E-state index contributed by atoms with van der Waals surface area (Å²) < 4.78 is 23.6. The summed E-state index contributed by atoms with van der Waals surface area (Å²) in [6, 6.07) is 6.36. The van der Waals surface area contributed by atoms with Gasteiger partial charge in [0.1, 0.15) is 0 Å². The molecule has 1 atom stereocenters. The van der Waals surface area contributed by atoms with Crippen molar-refractivity contribution in [3.05, 3.63) is 29.8 Å². The quantitative estimate of drug-likeness (QED) is 0.755. The van der Waals surface area contributed by atoms with Gasteiger partial charge in [0.15, 0.2) is 15.6 Å². The maximum atomic E-state index is 12.5. The number of carbonyl (C=O) groups excluding carboxylic acids is 1. The van der Waals surface area contributed by atoms with Crippen molar-refractivity contribution in [3.8, 4) is 0 Å². The second-order valence-corrected chi connectivity index (χ2v) is 8.33. The summed E-state index contributed by atoms with van der Waals surface area (Å²) in [5.41, 5.74) is 0.597. The fourth-order valence-electron chi connectivity index (χ4n) is 2.89. The number of hydrogen-bond acceptors (Lipinski definition) is 4. The van der Waals surface area contributed by atoms with Crippen LogP contribution < -0.4 is 0 Å². The Morgan fingerprint density at radius 1 is 1.14 bits per heavy atom. The lowest BCUT2D eigenvalue weighted by Gasteiger charge is -2.28. The summed E-state index contributed by atoms with van der Waals surface area (Å²) in [6.45, 7) is 6.51. The molecule has 5 heteroatoms. The molecule has 1 fully saturated rings. The molecule has 2 rings (SSSR count). The Kier molecular flexibility index (Phi) is 5.75. The van der Waals surface area contributed by atoms with Gasteiger partial charge in [-0.2, -0.15) is 0 Å². The summed E-state index contributed by atoms with van der Waals surface area (Å²) >= 11 is 0. The molecule has 1 heterocycles. The molecule has 1 saturated heterocycles. The molecule has 0 spiro atoms. The molecule has 1 aliphatic heterocycles. The third-order valence-corrected chi connectivity index (χ3v) is 6.06. The Bertz CT molecular complexity index is 601. The summed E-state index contributed by atoms with van der Waals surface area (Å²) in [5.74, 6) is 0.101. The van der Waals surface area contributed by atoms with Gasteiger partial charge >= 0.3 is 0 Å². The third kappa shape index (κ3) is 4.17. The highest BCUT2D eigenvalue weighted by atomic mass is 32.2. The Balaban J connectivity index is 2.02. The van der Waals surface area contributed by atoms with E-state index in [1.54, 1.807) is 31.2 Å². The monoisotopic (exact) mass is 323 g/mol. The zero-order valence-corrected chi connectivity index (χ0v) is 14.2. The second kappa shape index (κ2) is 7.38. The van der Waals surface area contributed by atoms with Gasteiger partial charge in [0.2, 0.25) is 0 Å². The largest absolute Gasteiger partial charge is 0.303 e. The summed E-state index contributed by atoms with van der Waals surface area (Å²) in [5, 5.41) is 0. The Morgan fingerprint density at radius 2 is 1.73 bits per heavy atom. The smallest absolute Gasteiger partial charge is 0.178 e. The molecular formula is C17H25NO3S. The maximum Gasteiger partial charge on any atom is 0.178 e. The van der Waals surface area contributed by atoms with Crippen LogP contribution in [0.3, 0.4) is 0 Å². The number of sulfone groups is 1. The molecule has 1 aromatic carbocycles. The van der Waals surface area contributed by atoms with E-state index in [1.165, 1.54) is 19.3 Å². The van der Waals surface area contributed by atoms with E-state index in [2.05, 4.69) is 4.90 Å². The minimum Gasteiger partial charge on any atom is -0.303 e. The first-order valence-corrected chi connectivity index (χ1v) is 9.68. The molecule has 0 N–H and O–H groups in total. The average Bonchev–Trinajstić information content (AvgIpc) is 2.55. The SMILES string of the molecule is CCS(=O)(=O)c1ccc(C(=O)C(C)CN2CCCCC2)cc1. The standard InChI is InChI=1S/C17H25NO3S/c1-3-22(20,21)16-9-7-15(8-10-16)17(19)14(2)13-18-11-5-4-6-12-18/h7-10,14H,3-6,11-13H2,1-2H3. The number of ketones is 1. The molecule has 22 heavy (non-hydrogen) atoms. The van der Waals surface area contributed by atoms with Crippen LogP contribution in [0.1, 0.15) is 43.5 Å². The number of Topliss-reactive ketones (excluding diaryl/α,β-unsaturated/α-hetero) is 1. The van der Waals surface area contributed by atoms with E-state index in [0.29, 0.717) is 5.56 Å². The van der Waals surface area contributed by atoms with Crippen molar-refractivity contribution in [3.63, 3.8) is 0 Å². The molecule has 1 unspecified atom stereocenters. The van der Waals surface area contributed by atoms with Crippen LogP contribution in [0.4, 0.5) is 0 Å². The Labute approximate surface area is 133 Å². The van der Waals surface area contributed by atoms with Crippen LogP contribution in [0.2, 0.25) is 0 Å². The van der Waals surface area contributed by atoms with Gasteiger partial charge in [-0.05, 0) is 38.1 Å². The molecule has 4 nitrogen and oxygen atoms in total. The van der Waals surface area contributed by atoms with Crippen molar-refractivity contribution >= 4 is 15.6 Å². The van der Waals surface area contributed by atoms with E-state index < -0.39 is 9.84 Å². The predicted molar refractivity (Wildman–Crippen MR) is 88.0 cm³/mol. The van der Waals surface area contributed by atoms with Crippen LogP contribution in [-0.2, 0) is 9.84 Å². The lowest BCUT2D eigenvalue weighted by molar-refractivity contribution is 0.0883. The highest BCUT2D eigenvalue weighted by Crippen LogP contribution is 2.17. The van der Waals surface area contributed by atoms with Crippen molar-refractivity contribution in [2.75, 3.05) is 25.4 Å². The van der Waals surface area contributed by atoms with Crippen LogP contribution in [0.25, 0.3) is 0 Å². The molecule has 0 amide bonds. The van der Waals surface area contributed by atoms with Crippen molar-refractivity contribution < 1.29 is 13.2 Å². The minimum absolute atomic E-state index is 0.0632. The number of benzene rings is 1. The zero-order valence-electron chi connectivity index (χ0n) is 13.4. The molecular weight excluding hydrogens is 298 g/mol. The summed E-state index contributed by atoms with van der Waals surface area (Å²) in [7, 11) is -3.20. The van der Waals surface area contributed by atoms with Crippen LogP contribution in [0.15, 0.2) is 29.2 Å². The highest BCUT2D eigenvalue weighted by Gasteiger charge is 2.20. The summed E-state index contributed by atoms with van der Waals surface area (Å²) in [6.07, 6.45) is 3.71. The van der Waals surface area contributed by atoms with Gasteiger partial charge in [-0.25, -0.2) is 8.42 Å². The van der Waals surface area contributed by atoms with Gasteiger partial charge in [0.05, 0.1) is 10.6 Å². The van der Waals surface area contributed by atoms with Gasteiger partial charge in [-0.3, -0.25) is 4.79 Å².